The van der Waals surface area contributed by atoms with Gasteiger partial charge in [-0.25, -0.2) is 19.4 Å². The van der Waals surface area contributed by atoms with Gasteiger partial charge in [-0.2, -0.15) is 18.3 Å². The van der Waals surface area contributed by atoms with Crippen molar-refractivity contribution in [2.24, 2.45) is 0 Å². The largest absolute Gasteiger partial charge is 0.465 e. The van der Waals surface area contributed by atoms with Crippen molar-refractivity contribution in [1.29, 1.82) is 0 Å². The van der Waals surface area contributed by atoms with Crippen LogP contribution < -0.4 is 5.73 Å². The van der Waals surface area contributed by atoms with E-state index in [9.17, 15) is 18.0 Å². The van der Waals surface area contributed by atoms with Gasteiger partial charge in [0.05, 0.1) is 34.3 Å². The van der Waals surface area contributed by atoms with E-state index in [1.165, 1.54) is 7.11 Å². The monoisotopic (exact) mass is 554 g/mol. The van der Waals surface area contributed by atoms with Crippen LogP contribution in [-0.2, 0) is 22.7 Å². The molecule has 0 bridgehead atoms. The number of ether oxygens (including phenoxy) is 2. The summed E-state index contributed by atoms with van der Waals surface area (Å²) in [5.74, 6) is -0.597. The van der Waals surface area contributed by atoms with Gasteiger partial charge in [0, 0.05) is 20.1 Å². The standard InChI is InChI=1S/C23H26ClF3N6O3Si/c1-35-22(34)13-5-6-14-15(9-13)32(12-36-7-8-37(2,3)4)19(17(14)24)18-16-20(28)29-11-30-21(16)33(31-18)10-23(25,26)27/h5-6,9,11H,7-8,10,12H2,1-4H3,(H2,28,29,30). The number of halogens is 4. The zero-order valence-corrected chi connectivity index (χ0v) is 22.4. The first kappa shape index (κ1) is 26.9. The number of alkyl halides is 3. The van der Waals surface area contributed by atoms with Gasteiger partial charge in [0.15, 0.2) is 5.65 Å². The lowest BCUT2D eigenvalue weighted by Gasteiger charge is -2.17. The Labute approximate surface area is 216 Å². The van der Waals surface area contributed by atoms with Gasteiger partial charge >= 0.3 is 12.1 Å². The first-order valence-corrected chi connectivity index (χ1v) is 15.4. The molecule has 0 aliphatic heterocycles. The summed E-state index contributed by atoms with van der Waals surface area (Å²) < 4.78 is 53.2. The van der Waals surface area contributed by atoms with Crippen LogP contribution in [0, 0.1) is 0 Å². The summed E-state index contributed by atoms with van der Waals surface area (Å²) in [4.78, 5) is 20.2. The molecule has 37 heavy (non-hydrogen) atoms. The number of esters is 1. The van der Waals surface area contributed by atoms with Crippen molar-refractivity contribution >= 4 is 53.4 Å². The number of hydrogen-bond acceptors (Lipinski definition) is 7. The Morgan fingerprint density at radius 1 is 1.22 bits per heavy atom. The number of hydrogen-bond donors (Lipinski definition) is 1. The van der Waals surface area contributed by atoms with Gasteiger partial charge < -0.3 is 19.8 Å². The molecule has 3 aromatic heterocycles. The third-order valence-corrected chi connectivity index (χ3v) is 7.84. The van der Waals surface area contributed by atoms with Crippen molar-refractivity contribution in [1.82, 2.24) is 24.3 Å². The summed E-state index contributed by atoms with van der Waals surface area (Å²) >= 11 is 6.80. The molecule has 0 amide bonds. The Balaban J connectivity index is 1.95. The average molecular weight is 555 g/mol. The van der Waals surface area contributed by atoms with E-state index in [0.717, 1.165) is 17.1 Å². The number of anilines is 1. The van der Waals surface area contributed by atoms with E-state index >= 15 is 0 Å². The fraction of sp³-hybridized carbons (Fsp3) is 0.391. The molecular weight excluding hydrogens is 529 g/mol. The van der Waals surface area contributed by atoms with Crippen molar-refractivity contribution in [3.05, 3.63) is 35.1 Å². The summed E-state index contributed by atoms with van der Waals surface area (Å²) in [5, 5.41) is 5.12. The second-order valence-electron chi connectivity index (χ2n) is 9.74. The van der Waals surface area contributed by atoms with Crippen LogP contribution in [0.1, 0.15) is 10.4 Å². The molecule has 4 rings (SSSR count). The molecule has 2 N–H and O–H groups in total. The van der Waals surface area contributed by atoms with E-state index in [-0.39, 0.29) is 45.6 Å². The highest BCUT2D eigenvalue weighted by Gasteiger charge is 2.32. The molecule has 0 atom stereocenters. The minimum Gasteiger partial charge on any atom is -0.465 e. The molecule has 198 valence electrons. The maximum atomic E-state index is 13.3. The fourth-order valence-corrected chi connectivity index (χ4v) is 5.04. The summed E-state index contributed by atoms with van der Waals surface area (Å²) in [6.45, 7) is 5.75. The number of benzene rings is 1. The second kappa shape index (κ2) is 9.95. The maximum Gasteiger partial charge on any atom is 0.408 e. The Morgan fingerprint density at radius 2 is 1.95 bits per heavy atom. The van der Waals surface area contributed by atoms with E-state index in [1.54, 1.807) is 22.8 Å². The first-order valence-electron chi connectivity index (χ1n) is 11.3. The second-order valence-corrected chi connectivity index (χ2v) is 15.7. The molecule has 0 spiro atoms. The molecule has 0 saturated heterocycles. The molecular formula is C23H26ClF3N6O3Si. The lowest BCUT2D eigenvalue weighted by atomic mass is 10.1. The Hall–Kier alpha value is -3.16. The topological polar surface area (TPSA) is 110 Å². The zero-order chi connectivity index (χ0) is 27.1. The normalized spacial score (nSPS) is 12.5. The van der Waals surface area contributed by atoms with Crippen LogP contribution in [0.2, 0.25) is 30.7 Å². The predicted molar refractivity (Wildman–Crippen MR) is 137 cm³/mol. The van der Waals surface area contributed by atoms with Crippen molar-refractivity contribution in [2.45, 2.75) is 45.1 Å². The van der Waals surface area contributed by atoms with E-state index in [4.69, 9.17) is 26.8 Å². The van der Waals surface area contributed by atoms with Crippen LogP contribution in [0.3, 0.4) is 0 Å². The van der Waals surface area contributed by atoms with Crippen LogP contribution in [-0.4, -0.2) is 58.3 Å². The van der Waals surface area contributed by atoms with E-state index in [2.05, 4.69) is 34.7 Å². The summed E-state index contributed by atoms with van der Waals surface area (Å²) in [5.41, 5.74) is 7.15. The van der Waals surface area contributed by atoms with Crippen LogP contribution >= 0.6 is 11.6 Å². The summed E-state index contributed by atoms with van der Waals surface area (Å²) in [6.07, 6.45) is -3.48. The smallest absolute Gasteiger partial charge is 0.408 e. The van der Waals surface area contributed by atoms with Gasteiger partial charge in [0.25, 0.3) is 0 Å². The highest BCUT2D eigenvalue weighted by molar-refractivity contribution is 6.76. The number of methoxy groups -OCH3 is 1. The summed E-state index contributed by atoms with van der Waals surface area (Å²) in [6, 6.07) is 5.68. The first-order chi connectivity index (χ1) is 17.3. The molecule has 4 aromatic rings. The number of aromatic nitrogens is 5. The van der Waals surface area contributed by atoms with Crippen LogP contribution in [0.4, 0.5) is 19.0 Å². The minimum atomic E-state index is -4.55. The number of fused-ring (bicyclic) bond motifs is 2. The molecule has 9 nitrogen and oxygen atoms in total. The van der Waals surface area contributed by atoms with Crippen molar-refractivity contribution in [3.63, 3.8) is 0 Å². The van der Waals surface area contributed by atoms with Crippen LogP contribution in [0.25, 0.3) is 33.3 Å². The van der Waals surface area contributed by atoms with Gasteiger partial charge in [-0.15, -0.1) is 0 Å². The van der Waals surface area contributed by atoms with Crippen LogP contribution in [0.15, 0.2) is 24.5 Å². The number of nitrogens with two attached hydrogens (primary N) is 1. The maximum absolute atomic E-state index is 13.3. The third-order valence-electron chi connectivity index (χ3n) is 5.75. The molecule has 3 heterocycles. The number of carbonyl (C=O) groups is 1. The quantitative estimate of drug-likeness (QED) is 0.178. The highest BCUT2D eigenvalue weighted by atomic mass is 35.5. The average Bonchev–Trinajstić information content (AvgIpc) is 3.29. The van der Waals surface area contributed by atoms with Crippen molar-refractivity contribution in [3.8, 4) is 11.4 Å². The van der Waals surface area contributed by atoms with Crippen molar-refractivity contribution < 1.29 is 27.4 Å². The van der Waals surface area contributed by atoms with E-state index < -0.39 is 26.8 Å². The van der Waals surface area contributed by atoms with Gasteiger partial charge in [0.1, 0.15) is 31.1 Å². The summed E-state index contributed by atoms with van der Waals surface area (Å²) in [7, 11) is -0.121. The number of rotatable bonds is 8. The molecule has 0 aliphatic rings. The molecule has 0 radical (unpaired) electrons. The van der Waals surface area contributed by atoms with E-state index in [0.29, 0.717) is 17.5 Å². The van der Waals surface area contributed by atoms with E-state index in [1.807, 2.05) is 0 Å². The molecule has 0 saturated carbocycles. The van der Waals surface area contributed by atoms with Crippen molar-refractivity contribution in [2.75, 3.05) is 19.5 Å². The molecule has 0 unspecified atom stereocenters. The lowest BCUT2D eigenvalue weighted by Crippen LogP contribution is -2.22. The molecule has 1 aromatic carbocycles. The van der Waals surface area contributed by atoms with Gasteiger partial charge in [0.2, 0.25) is 0 Å². The minimum absolute atomic E-state index is 0.00881. The van der Waals surface area contributed by atoms with Crippen LogP contribution in [0.5, 0.6) is 0 Å². The van der Waals surface area contributed by atoms with Gasteiger partial charge in [-0.1, -0.05) is 37.3 Å². The van der Waals surface area contributed by atoms with Gasteiger partial charge in [-0.05, 0) is 18.2 Å². The number of nitrogen functional groups attached to an aromatic ring is 1. The molecule has 14 heteroatoms. The number of nitrogens with zero attached hydrogens (tertiary/aromatic N) is 5. The Bertz CT molecular complexity index is 1480. The Kier molecular flexibility index (Phi) is 7.23. The molecule has 0 aliphatic carbocycles. The highest BCUT2D eigenvalue weighted by Crippen LogP contribution is 2.41. The SMILES string of the molecule is COC(=O)c1ccc2c(Cl)c(-c3nn(CC(F)(F)F)c4ncnc(N)c34)n(COCC[Si](C)(C)C)c2c1. The predicted octanol–water partition coefficient (Wildman–Crippen LogP) is 5.34. The van der Waals surface area contributed by atoms with Gasteiger partial charge in [-0.3, -0.25) is 0 Å². The Morgan fingerprint density at radius 3 is 2.59 bits per heavy atom. The zero-order valence-electron chi connectivity index (χ0n) is 20.7. The number of carbonyl (C=O) groups excluding carboxylic acids is 1. The third kappa shape index (κ3) is 5.58. The molecule has 0 fully saturated rings. The lowest BCUT2D eigenvalue weighted by molar-refractivity contribution is -0.141. The fourth-order valence-electron chi connectivity index (χ4n) is 3.93.